The van der Waals surface area contributed by atoms with Crippen LogP contribution in [0.2, 0.25) is 0 Å². The van der Waals surface area contributed by atoms with E-state index >= 15 is 0 Å². The summed E-state index contributed by atoms with van der Waals surface area (Å²) in [5.74, 6) is 1.91. The van der Waals surface area contributed by atoms with E-state index in [9.17, 15) is 4.79 Å². The molecule has 1 aliphatic carbocycles. The number of nitrogens with two attached hydrogens (primary N) is 1. The van der Waals surface area contributed by atoms with Gasteiger partial charge < -0.3 is 10.6 Å². The monoisotopic (exact) mass is 280 g/mol. The molecule has 1 heterocycles. The number of hydrogen-bond donors (Lipinski definition) is 1. The minimum Gasteiger partial charge on any atom is -0.343 e. The van der Waals surface area contributed by atoms with Crippen molar-refractivity contribution in [2.45, 2.75) is 65.2 Å². The van der Waals surface area contributed by atoms with Crippen molar-refractivity contribution in [1.82, 2.24) is 4.90 Å². The third-order valence-electron chi connectivity index (χ3n) is 5.71. The molecule has 0 bridgehead atoms. The molecule has 0 atom stereocenters. The first-order valence-electron chi connectivity index (χ1n) is 8.54. The largest absolute Gasteiger partial charge is 0.343 e. The van der Waals surface area contributed by atoms with Crippen molar-refractivity contribution in [3.8, 4) is 0 Å². The molecule has 0 unspecified atom stereocenters. The van der Waals surface area contributed by atoms with Crippen LogP contribution in [0.1, 0.15) is 65.2 Å². The highest BCUT2D eigenvalue weighted by Crippen LogP contribution is 2.39. The van der Waals surface area contributed by atoms with Gasteiger partial charge in [-0.15, -0.1) is 0 Å². The highest BCUT2D eigenvalue weighted by molar-refractivity contribution is 5.77. The fraction of sp³-hybridized carbons (Fsp3) is 0.941. The summed E-state index contributed by atoms with van der Waals surface area (Å²) in [6.45, 7) is 7.20. The highest BCUT2D eigenvalue weighted by atomic mass is 16.2. The molecule has 2 rings (SSSR count). The maximum atomic E-state index is 12.6. The van der Waals surface area contributed by atoms with Crippen LogP contribution in [0.4, 0.5) is 0 Å². The van der Waals surface area contributed by atoms with Crippen LogP contribution in [-0.2, 0) is 4.79 Å². The van der Waals surface area contributed by atoms with Crippen LogP contribution in [0.25, 0.3) is 0 Å². The number of likely N-dealkylation sites (tertiary alicyclic amines) is 1. The Morgan fingerprint density at radius 3 is 2.30 bits per heavy atom. The van der Waals surface area contributed by atoms with Gasteiger partial charge in [-0.1, -0.05) is 33.1 Å². The smallest absolute Gasteiger partial charge is 0.223 e. The third kappa shape index (κ3) is 3.75. The fourth-order valence-corrected chi connectivity index (χ4v) is 4.00. The van der Waals surface area contributed by atoms with Crippen LogP contribution in [0.15, 0.2) is 0 Å². The minimum atomic E-state index is 0.115. The second kappa shape index (κ2) is 6.93. The highest BCUT2D eigenvalue weighted by Gasteiger charge is 2.35. The van der Waals surface area contributed by atoms with E-state index in [-0.39, 0.29) is 5.41 Å². The molecule has 0 aromatic rings. The summed E-state index contributed by atoms with van der Waals surface area (Å²) >= 11 is 0. The fourth-order valence-electron chi connectivity index (χ4n) is 4.00. The third-order valence-corrected chi connectivity index (χ3v) is 5.71. The van der Waals surface area contributed by atoms with Gasteiger partial charge in [0.25, 0.3) is 0 Å². The molecular formula is C17H32N2O. The number of carbonyl (C=O) groups is 1. The van der Waals surface area contributed by atoms with Gasteiger partial charge in [0.15, 0.2) is 0 Å². The van der Waals surface area contributed by atoms with E-state index in [4.69, 9.17) is 5.73 Å². The van der Waals surface area contributed by atoms with Gasteiger partial charge in [-0.2, -0.15) is 0 Å². The summed E-state index contributed by atoms with van der Waals surface area (Å²) in [6, 6.07) is 0. The zero-order valence-electron chi connectivity index (χ0n) is 13.4. The lowest BCUT2D eigenvalue weighted by Gasteiger charge is -2.39. The van der Waals surface area contributed by atoms with Gasteiger partial charge in [-0.3, -0.25) is 4.79 Å². The summed E-state index contributed by atoms with van der Waals surface area (Å²) in [5.41, 5.74) is 6.12. The maximum absolute atomic E-state index is 12.6. The van der Waals surface area contributed by atoms with Crippen molar-refractivity contribution in [2.24, 2.45) is 23.0 Å². The van der Waals surface area contributed by atoms with Crippen LogP contribution >= 0.6 is 0 Å². The van der Waals surface area contributed by atoms with Crippen molar-refractivity contribution < 1.29 is 4.79 Å². The minimum absolute atomic E-state index is 0.115. The SMILES string of the molecule is CC(C)C1CCN(C(=O)CC2(CN)CCCCC2)CC1. The van der Waals surface area contributed by atoms with Gasteiger partial charge in [0.1, 0.15) is 0 Å². The van der Waals surface area contributed by atoms with Gasteiger partial charge >= 0.3 is 0 Å². The molecule has 0 aromatic carbocycles. The summed E-state index contributed by atoms with van der Waals surface area (Å²) in [7, 11) is 0. The molecule has 2 fully saturated rings. The lowest BCUT2D eigenvalue weighted by atomic mass is 9.71. The molecular weight excluding hydrogens is 248 g/mol. The number of amides is 1. The molecule has 1 saturated heterocycles. The average molecular weight is 280 g/mol. The van der Waals surface area contributed by atoms with Crippen LogP contribution in [0.5, 0.6) is 0 Å². The molecule has 1 aliphatic heterocycles. The first-order chi connectivity index (χ1) is 9.56. The molecule has 1 saturated carbocycles. The van der Waals surface area contributed by atoms with E-state index in [1.54, 1.807) is 0 Å². The van der Waals surface area contributed by atoms with E-state index < -0.39 is 0 Å². The maximum Gasteiger partial charge on any atom is 0.223 e. The van der Waals surface area contributed by atoms with E-state index in [1.165, 1.54) is 32.1 Å². The average Bonchev–Trinajstić information content (AvgIpc) is 2.48. The predicted octanol–water partition coefficient (Wildman–Crippen LogP) is 3.18. The first kappa shape index (κ1) is 15.8. The molecule has 2 N–H and O–H groups in total. The summed E-state index contributed by atoms with van der Waals surface area (Å²) < 4.78 is 0. The summed E-state index contributed by atoms with van der Waals surface area (Å²) in [4.78, 5) is 14.7. The van der Waals surface area contributed by atoms with E-state index in [1.807, 2.05) is 0 Å². The molecule has 0 spiro atoms. The summed E-state index contributed by atoms with van der Waals surface area (Å²) in [5, 5.41) is 0. The van der Waals surface area contributed by atoms with Gasteiger partial charge in [0.05, 0.1) is 0 Å². The normalized spacial score (nSPS) is 24.1. The Bertz CT molecular complexity index is 313. The van der Waals surface area contributed by atoms with Crippen molar-refractivity contribution in [3.63, 3.8) is 0 Å². The van der Waals surface area contributed by atoms with E-state index in [0.717, 1.165) is 37.8 Å². The number of carbonyl (C=O) groups excluding carboxylic acids is 1. The zero-order valence-corrected chi connectivity index (χ0v) is 13.4. The van der Waals surface area contributed by atoms with E-state index in [2.05, 4.69) is 18.7 Å². The van der Waals surface area contributed by atoms with Crippen LogP contribution in [-0.4, -0.2) is 30.4 Å². The van der Waals surface area contributed by atoms with Gasteiger partial charge in [-0.05, 0) is 49.5 Å². The number of rotatable bonds is 4. The van der Waals surface area contributed by atoms with Crippen molar-refractivity contribution >= 4 is 5.91 Å². The Labute approximate surface area is 124 Å². The standard InChI is InChI=1S/C17H32N2O/c1-14(2)15-6-10-19(11-7-15)16(20)12-17(13-18)8-4-3-5-9-17/h14-15H,3-13,18H2,1-2H3. The van der Waals surface area contributed by atoms with Crippen molar-refractivity contribution in [3.05, 3.63) is 0 Å². The quantitative estimate of drug-likeness (QED) is 0.859. The molecule has 3 heteroatoms. The predicted molar refractivity (Wildman–Crippen MR) is 83.3 cm³/mol. The molecule has 2 aliphatic rings. The van der Waals surface area contributed by atoms with Gasteiger partial charge in [0, 0.05) is 19.5 Å². The number of hydrogen-bond acceptors (Lipinski definition) is 2. The Kier molecular flexibility index (Phi) is 5.48. The number of nitrogens with zero attached hydrogens (tertiary/aromatic N) is 1. The molecule has 1 amide bonds. The summed E-state index contributed by atoms with van der Waals surface area (Å²) in [6.07, 6.45) is 9.17. The molecule has 0 radical (unpaired) electrons. The topological polar surface area (TPSA) is 46.3 Å². The van der Waals surface area contributed by atoms with Crippen LogP contribution < -0.4 is 5.73 Å². The zero-order chi connectivity index (χ0) is 14.6. The Balaban J connectivity index is 1.85. The Morgan fingerprint density at radius 2 is 1.80 bits per heavy atom. The van der Waals surface area contributed by atoms with Crippen LogP contribution in [0.3, 0.4) is 0 Å². The lowest BCUT2D eigenvalue weighted by Crippen LogP contribution is -2.44. The Morgan fingerprint density at radius 1 is 1.20 bits per heavy atom. The van der Waals surface area contributed by atoms with Gasteiger partial charge in [0.2, 0.25) is 5.91 Å². The number of piperidine rings is 1. The Hall–Kier alpha value is -0.570. The van der Waals surface area contributed by atoms with Crippen molar-refractivity contribution in [2.75, 3.05) is 19.6 Å². The second-order valence-electron chi connectivity index (χ2n) is 7.40. The van der Waals surface area contributed by atoms with Gasteiger partial charge in [-0.25, -0.2) is 0 Å². The molecule has 116 valence electrons. The van der Waals surface area contributed by atoms with Crippen molar-refractivity contribution in [1.29, 1.82) is 0 Å². The van der Waals surface area contributed by atoms with E-state index in [0.29, 0.717) is 18.9 Å². The first-order valence-corrected chi connectivity index (χ1v) is 8.54. The second-order valence-corrected chi connectivity index (χ2v) is 7.40. The molecule has 20 heavy (non-hydrogen) atoms. The van der Waals surface area contributed by atoms with Crippen LogP contribution in [0, 0.1) is 17.3 Å². The molecule has 3 nitrogen and oxygen atoms in total. The lowest BCUT2D eigenvalue weighted by molar-refractivity contribution is -0.135. The molecule has 0 aromatic heterocycles.